The monoisotopic (exact) mass is 418 g/mol. The van der Waals surface area contributed by atoms with Gasteiger partial charge in [-0.05, 0) is 47.4 Å². The number of non-ortho nitro benzene ring substituents is 1. The van der Waals surface area contributed by atoms with Gasteiger partial charge in [-0.3, -0.25) is 25.1 Å². The first-order valence-electron chi connectivity index (χ1n) is 8.82. The molecule has 148 valence electrons. The zero-order valence-corrected chi connectivity index (χ0v) is 16.2. The Kier molecular flexibility index (Phi) is 5.19. The Bertz CT molecular complexity index is 1330. The lowest BCUT2D eigenvalue weighted by atomic mass is 10.2. The lowest BCUT2D eigenvalue weighted by Crippen LogP contribution is -2.34. The quantitative estimate of drug-likeness (QED) is 0.301. The molecule has 0 aliphatic rings. The Morgan fingerprint density at radius 2 is 1.87 bits per heavy atom. The topological polar surface area (TPSA) is 107 Å². The minimum Gasteiger partial charge on any atom is -0.268 e. The summed E-state index contributed by atoms with van der Waals surface area (Å²) in [6, 6.07) is 16.3. The van der Waals surface area contributed by atoms with Crippen molar-refractivity contribution in [1.82, 2.24) is 9.66 Å². The van der Waals surface area contributed by atoms with Gasteiger partial charge in [-0.2, -0.15) is 4.68 Å². The van der Waals surface area contributed by atoms with Crippen LogP contribution in [0.25, 0.3) is 27.7 Å². The Morgan fingerprint density at radius 3 is 2.57 bits per heavy atom. The van der Waals surface area contributed by atoms with E-state index in [0.717, 1.165) is 9.55 Å². The molecule has 0 atom stereocenters. The number of carbonyl (C=O) groups excluding carboxylic acids is 1. The van der Waals surface area contributed by atoms with Crippen molar-refractivity contribution >= 4 is 39.9 Å². The van der Waals surface area contributed by atoms with Gasteiger partial charge in [-0.1, -0.05) is 18.2 Å². The van der Waals surface area contributed by atoms with Gasteiger partial charge in [0.2, 0.25) is 0 Å². The zero-order chi connectivity index (χ0) is 21.1. The second-order valence-corrected chi connectivity index (χ2v) is 7.18. The number of nitrogens with one attached hydrogen (secondary N) is 1. The normalized spacial score (nSPS) is 11.1. The van der Waals surface area contributed by atoms with E-state index < -0.39 is 10.8 Å². The van der Waals surface area contributed by atoms with Crippen molar-refractivity contribution in [1.29, 1.82) is 0 Å². The van der Waals surface area contributed by atoms with Gasteiger partial charge in [0.1, 0.15) is 0 Å². The number of benzene rings is 2. The average Bonchev–Trinajstić information content (AvgIpc) is 3.29. The molecule has 0 spiro atoms. The van der Waals surface area contributed by atoms with Crippen LogP contribution < -0.4 is 11.0 Å². The molecule has 0 aliphatic heterocycles. The Hall–Kier alpha value is -4.11. The van der Waals surface area contributed by atoms with Crippen molar-refractivity contribution in [2.45, 2.75) is 0 Å². The van der Waals surface area contributed by atoms with Crippen LogP contribution in [0, 0.1) is 10.1 Å². The molecule has 4 rings (SSSR count). The van der Waals surface area contributed by atoms with Crippen LogP contribution in [0.2, 0.25) is 0 Å². The van der Waals surface area contributed by atoms with Gasteiger partial charge in [0.25, 0.3) is 17.2 Å². The first-order valence-corrected chi connectivity index (χ1v) is 9.70. The van der Waals surface area contributed by atoms with Crippen LogP contribution in [0.1, 0.15) is 5.56 Å². The highest BCUT2D eigenvalue weighted by molar-refractivity contribution is 7.13. The number of hydrogen-bond donors (Lipinski definition) is 1. The molecule has 4 aromatic rings. The molecule has 0 saturated carbocycles. The van der Waals surface area contributed by atoms with Crippen LogP contribution >= 0.6 is 11.3 Å². The van der Waals surface area contributed by atoms with Gasteiger partial charge in [0, 0.05) is 18.2 Å². The number of para-hydroxylation sites is 1. The number of nitro benzene ring substituents is 1. The molecule has 9 heteroatoms. The minimum atomic E-state index is -0.537. The fraction of sp³-hybridized carbons (Fsp3) is 0. The van der Waals surface area contributed by atoms with E-state index in [4.69, 9.17) is 0 Å². The van der Waals surface area contributed by atoms with Gasteiger partial charge in [0.15, 0.2) is 5.82 Å². The third-order valence-corrected chi connectivity index (χ3v) is 5.14. The molecule has 0 radical (unpaired) electrons. The Balaban J connectivity index is 1.66. The second kappa shape index (κ2) is 8.10. The van der Waals surface area contributed by atoms with Gasteiger partial charge >= 0.3 is 0 Å². The summed E-state index contributed by atoms with van der Waals surface area (Å²) in [5.74, 6) is -0.198. The Labute approximate surface area is 173 Å². The maximum absolute atomic E-state index is 13.0. The maximum Gasteiger partial charge on any atom is 0.280 e. The minimum absolute atomic E-state index is 0.0361. The number of fused-ring (bicyclic) bond motifs is 1. The van der Waals surface area contributed by atoms with Crippen LogP contribution in [0.4, 0.5) is 5.69 Å². The third kappa shape index (κ3) is 3.87. The van der Waals surface area contributed by atoms with E-state index in [1.165, 1.54) is 47.8 Å². The molecule has 2 aromatic carbocycles. The lowest BCUT2D eigenvalue weighted by molar-refractivity contribution is -0.384. The van der Waals surface area contributed by atoms with E-state index >= 15 is 0 Å². The van der Waals surface area contributed by atoms with Gasteiger partial charge in [0.05, 0.1) is 20.7 Å². The van der Waals surface area contributed by atoms with Crippen LogP contribution in [-0.4, -0.2) is 20.5 Å². The summed E-state index contributed by atoms with van der Waals surface area (Å²) in [7, 11) is 0. The van der Waals surface area contributed by atoms with Crippen LogP contribution in [0.3, 0.4) is 0 Å². The molecule has 1 amide bonds. The summed E-state index contributed by atoms with van der Waals surface area (Å²) in [6.45, 7) is 0. The smallest absolute Gasteiger partial charge is 0.268 e. The zero-order valence-electron chi connectivity index (χ0n) is 15.4. The molecule has 1 N–H and O–H groups in total. The van der Waals surface area contributed by atoms with E-state index in [9.17, 15) is 19.7 Å². The molecule has 30 heavy (non-hydrogen) atoms. The number of aromatic nitrogens is 2. The summed E-state index contributed by atoms with van der Waals surface area (Å²) in [5, 5.41) is 13.0. The van der Waals surface area contributed by atoms with Crippen molar-refractivity contribution < 1.29 is 9.72 Å². The summed E-state index contributed by atoms with van der Waals surface area (Å²) in [5.41, 5.74) is 3.30. The lowest BCUT2D eigenvalue weighted by Gasteiger charge is -2.12. The van der Waals surface area contributed by atoms with Gasteiger partial charge in [-0.25, -0.2) is 4.98 Å². The first kappa shape index (κ1) is 19.2. The van der Waals surface area contributed by atoms with E-state index in [0.29, 0.717) is 22.3 Å². The largest absolute Gasteiger partial charge is 0.280 e. The highest BCUT2D eigenvalue weighted by Crippen LogP contribution is 2.23. The summed E-state index contributed by atoms with van der Waals surface area (Å²) in [6.07, 6.45) is 2.75. The Morgan fingerprint density at radius 1 is 1.10 bits per heavy atom. The molecule has 0 unspecified atom stereocenters. The van der Waals surface area contributed by atoms with Gasteiger partial charge in [-0.15, -0.1) is 11.3 Å². The second-order valence-electron chi connectivity index (χ2n) is 6.23. The highest BCUT2D eigenvalue weighted by Gasteiger charge is 2.14. The average molecular weight is 418 g/mol. The number of nitro groups is 1. The molecular weight excluding hydrogens is 404 g/mol. The fourth-order valence-corrected chi connectivity index (χ4v) is 3.54. The SMILES string of the molecule is O=C(/C=C/c1ccc([N+](=O)[O-])cc1)Nn1c(-c2cccs2)nc2ccccc2c1=O. The van der Waals surface area contributed by atoms with Crippen LogP contribution in [-0.2, 0) is 4.79 Å². The van der Waals surface area contributed by atoms with Crippen LogP contribution in [0.15, 0.2) is 76.9 Å². The molecule has 0 bridgehead atoms. The van der Waals surface area contributed by atoms with E-state index in [1.807, 2.05) is 17.5 Å². The number of carbonyl (C=O) groups is 1. The third-order valence-electron chi connectivity index (χ3n) is 4.27. The number of rotatable bonds is 5. The van der Waals surface area contributed by atoms with Crippen molar-refractivity contribution in [2.24, 2.45) is 0 Å². The van der Waals surface area contributed by atoms with Crippen molar-refractivity contribution in [3.05, 3.63) is 98.2 Å². The van der Waals surface area contributed by atoms with Crippen LogP contribution in [0.5, 0.6) is 0 Å². The summed E-state index contributed by atoms with van der Waals surface area (Å²) in [4.78, 5) is 41.0. The molecule has 8 nitrogen and oxygen atoms in total. The highest BCUT2D eigenvalue weighted by atomic mass is 32.1. The summed E-state index contributed by atoms with van der Waals surface area (Å²) < 4.78 is 1.14. The van der Waals surface area contributed by atoms with E-state index in [-0.39, 0.29) is 11.2 Å². The number of amides is 1. The number of thiophene rings is 1. The number of hydrogen-bond acceptors (Lipinski definition) is 6. The summed E-state index contributed by atoms with van der Waals surface area (Å²) >= 11 is 1.40. The fourth-order valence-electron chi connectivity index (χ4n) is 2.83. The molecule has 0 saturated heterocycles. The maximum atomic E-state index is 13.0. The van der Waals surface area contributed by atoms with E-state index in [1.54, 1.807) is 24.3 Å². The number of nitrogens with zero attached hydrogens (tertiary/aromatic N) is 3. The van der Waals surface area contributed by atoms with Gasteiger partial charge < -0.3 is 0 Å². The first-order chi connectivity index (χ1) is 14.5. The molecular formula is C21H14N4O4S. The van der Waals surface area contributed by atoms with Crippen molar-refractivity contribution in [3.8, 4) is 10.7 Å². The predicted octanol–water partition coefficient (Wildman–Crippen LogP) is 3.82. The van der Waals surface area contributed by atoms with Crippen molar-refractivity contribution in [2.75, 3.05) is 5.43 Å². The molecule has 2 aromatic heterocycles. The molecule has 0 fully saturated rings. The van der Waals surface area contributed by atoms with E-state index in [2.05, 4.69) is 10.4 Å². The molecule has 2 heterocycles. The molecule has 0 aliphatic carbocycles. The standard InChI is InChI=1S/C21H14N4O4S/c26-19(12-9-14-7-10-15(11-8-14)25(28)29)23-24-20(18-6-3-13-30-18)22-17-5-2-1-4-16(17)21(24)27/h1-13H,(H,23,26)/b12-9+. The van der Waals surface area contributed by atoms with Crippen molar-refractivity contribution in [3.63, 3.8) is 0 Å². The predicted molar refractivity (Wildman–Crippen MR) is 116 cm³/mol.